The molecule has 0 aromatic carbocycles. The van der Waals surface area contributed by atoms with E-state index in [1.54, 1.807) is 5.67 Å². The van der Waals surface area contributed by atoms with E-state index in [2.05, 4.69) is 19.6 Å². The van der Waals surface area contributed by atoms with Crippen LogP contribution in [-0.2, 0) is 0 Å². The molecule has 0 nitrogen and oxygen atoms in total. The lowest BCUT2D eigenvalue weighted by Gasteiger charge is -2.09. The van der Waals surface area contributed by atoms with Gasteiger partial charge in [0, 0.05) is 8.07 Å². The molecule has 0 rings (SSSR count). The van der Waals surface area contributed by atoms with E-state index in [9.17, 15) is 0 Å². The zero-order valence-electron chi connectivity index (χ0n) is 5.21. The fraction of sp³-hybridized carbons (Fsp3) is 1.00. The summed E-state index contributed by atoms with van der Waals surface area (Å²) >= 11 is 0. The Morgan fingerprint density at radius 3 is 1.43 bits per heavy atom. The Morgan fingerprint density at radius 2 is 1.43 bits per heavy atom. The zero-order valence-corrected chi connectivity index (χ0v) is 8.21. The van der Waals surface area contributed by atoms with Crippen molar-refractivity contribution in [2.75, 3.05) is 0 Å². The summed E-state index contributed by atoms with van der Waals surface area (Å²) in [5, 5.41) is 0. The van der Waals surface area contributed by atoms with Crippen LogP contribution in [0.4, 0.5) is 0 Å². The average Bonchev–Trinajstić information content (AvgIpc) is 1.35. The molecule has 0 aliphatic rings. The number of hydrogen-bond donors (Lipinski definition) is 0. The van der Waals surface area contributed by atoms with Gasteiger partial charge in [0.05, 0.1) is 0 Å². The van der Waals surface area contributed by atoms with Gasteiger partial charge in [-0.05, 0) is 10.2 Å². The van der Waals surface area contributed by atoms with Crippen LogP contribution in [0.5, 0.6) is 0 Å². The highest BCUT2D eigenvalue weighted by molar-refractivity contribution is 6.80. The second-order valence-corrected chi connectivity index (χ2v) is 10.9. The van der Waals surface area contributed by atoms with Crippen molar-refractivity contribution in [2.45, 2.75) is 32.7 Å². The van der Waals surface area contributed by atoms with Crippen LogP contribution >= 0.6 is 0 Å². The van der Waals surface area contributed by atoms with E-state index >= 15 is 0 Å². The Labute approximate surface area is 51.8 Å². The maximum atomic E-state index is 2.42. The topological polar surface area (TPSA) is 0 Å². The van der Waals surface area contributed by atoms with Crippen molar-refractivity contribution in [2.24, 2.45) is 0 Å². The van der Waals surface area contributed by atoms with E-state index < -0.39 is 8.07 Å². The minimum Gasteiger partial charge on any atom is -0.0776 e. The van der Waals surface area contributed by atoms with Crippen LogP contribution in [0.3, 0.4) is 0 Å². The minimum absolute atomic E-state index is 0. The summed E-state index contributed by atoms with van der Waals surface area (Å²) in [6.07, 6.45) is 0. The van der Waals surface area contributed by atoms with Crippen molar-refractivity contribution in [3.8, 4) is 0 Å². The summed E-state index contributed by atoms with van der Waals surface area (Å²) in [7, 11) is 0.840. The predicted octanol–water partition coefficient (Wildman–Crippen LogP) is 1.28. The molecule has 0 radical (unpaired) electrons. The van der Waals surface area contributed by atoms with Gasteiger partial charge in [-0.25, -0.2) is 0 Å². The van der Waals surface area contributed by atoms with Gasteiger partial charge in [0.2, 0.25) is 0 Å². The fourth-order valence-corrected chi connectivity index (χ4v) is 0. The molecule has 0 saturated heterocycles. The maximum absolute atomic E-state index is 2.42. The SMILES string of the molecule is C.C[Si](C)(C)C[SiH3]. The van der Waals surface area contributed by atoms with E-state index in [1.165, 1.54) is 10.2 Å². The molecule has 0 aromatic rings. The van der Waals surface area contributed by atoms with Crippen molar-refractivity contribution in [1.82, 2.24) is 0 Å². The van der Waals surface area contributed by atoms with E-state index in [4.69, 9.17) is 0 Å². The quantitative estimate of drug-likeness (QED) is 0.474. The number of hydrogen-bond acceptors (Lipinski definition) is 0. The third-order valence-electron chi connectivity index (χ3n) is 1.06. The number of rotatable bonds is 1. The first-order chi connectivity index (χ1) is 2.56. The highest BCUT2D eigenvalue weighted by Crippen LogP contribution is 2.01. The standard InChI is InChI=1S/C4H14Si2.CH4/c1-6(2,3)4-5;/h4H2,1-3,5H3;1H4. The average molecular weight is 134 g/mol. The lowest BCUT2D eigenvalue weighted by Crippen LogP contribution is -2.18. The van der Waals surface area contributed by atoms with Crippen LogP contribution in [0.25, 0.3) is 0 Å². The molecule has 0 atom stereocenters. The molecular formula is C5H18Si2. The van der Waals surface area contributed by atoms with Gasteiger partial charge in [-0.1, -0.05) is 32.7 Å². The smallest absolute Gasteiger partial charge is 0.0408 e. The lowest BCUT2D eigenvalue weighted by atomic mass is 11.8. The largest absolute Gasteiger partial charge is 0.0776 e. The molecule has 0 saturated carbocycles. The molecule has 2 heteroatoms. The summed E-state index contributed by atoms with van der Waals surface area (Å²) < 4.78 is 0. The summed E-state index contributed by atoms with van der Waals surface area (Å²) in [5.74, 6) is 0. The second-order valence-electron chi connectivity index (χ2n) is 2.91. The molecule has 0 unspecified atom stereocenters. The van der Waals surface area contributed by atoms with Gasteiger partial charge in [0.1, 0.15) is 0 Å². The van der Waals surface area contributed by atoms with Crippen molar-refractivity contribution in [3.63, 3.8) is 0 Å². The van der Waals surface area contributed by atoms with Gasteiger partial charge in [-0.3, -0.25) is 0 Å². The maximum Gasteiger partial charge on any atom is 0.0408 e. The van der Waals surface area contributed by atoms with Crippen molar-refractivity contribution in [3.05, 3.63) is 0 Å². The molecule has 0 aliphatic carbocycles. The van der Waals surface area contributed by atoms with Gasteiger partial charge in [-0.15, -0.1) is 0 Å². The van der Waals surface area contributed by atoms with Crippen LogP contribution < -0.4 is 0 Å². The summed E-state index contributed by atoms with van der Waals surface area (Å²) in [5.41, 5.74) is 1.55. The Balaban J connectivity index is 0. The van der Waals surface area contributed by atoms with Gasteiger partial charge < -0.3 is 0 Å². The monoisotopic (exact) mass is 134 g/mol. The molecule has 0 N–H and O–H groups in total. The van der Waals surface area contributed by atoms with E-state index in [0.717, 1.165) is 0 Å². The van der Waals surface area contributed by atoms with Crippen LogP contribution in [0, 0.1) is 0 Å². The van der Waals surface area contributed by atoms with Crippen molar-refractivity contribution >= 4 is 18.3 Å². The first-order valence-corrected chi connectivity index (χ1v) is 7.68. The highest BCUT2D eigenvalue weighted by Gasteiger charge is 2.06. The van der Waals surface area contributed by atoms with Crippen molar-refractivity contribution < 1.29 is 0 Å². The van der Waals surface area contributed by atoms with E-state index in [0.29, 0.717) is 0 Å². The third-order valence-corrected chi connectivity index (χ3v) is 9.55. The molecule has 46 valence electrons. The Bertz CT molecular complexity index is 35.8. The first kappa shape index (κ1) is 10.4. The second kappa shape index (κ2) is 3.44. The third kappa shape index (κ3) is 10.7. The van der Waals surface area contributed by atoms with Crippen LogP contribution in [-0.4, -0.2) is 18.3 Å². The van der Waals surface area contributed by atoms with Crippen LogP contribution in [0.1, 0.15) is 7.43 Å². The fourth-order valence-electron chi connectivity index (χ4n) is 0. The molecule has 0 amide bonds. The Morgan fingerprint density at radius 1 is 1.29 bits per heavy atom. The van der Waals surface area contributed by atoms with Gasteiger partial charge in [0.25, 0.3) is 0 Å². The van der Waals surface area contributed by atoms with E-state index in [1.807, 2.05) is 0 Å². The molecule has 7 heavy (non-hydrogen) atoms. The molecular weight excluding hydrogens is 116 g/mol. The summed E-state index contributed by atoms with van der Waals surface area (Å²) in [6, 6.07) is 0. The predicted molar refractivity (Wildman–Crippen MR) is 44.8 cm³/mol. The lowest BCUT2D eigenvalue weighted by molar-refractivity contribution is 1.65. The van der Waals surface area contributed by atoms with Gasteiger partial charge >= 0.3 is 0 Å². The zero-order chi connectivity index (χ0) is 5.21. The normalized spacial score (nSPS) is 10.7. The van der Waals surface area contributed by atoms with E-state index in [-0.39, 0.29) is 7.43 Å². The Kier molecular flexibility index (Phi) is 5.12. The minimum atomic E-state index is -0.569. The van der Waals surface area contributed by atoms with Crippen LogP contribution in [0.15, 0.2) is 0 Å². The van der Waals surface area contributed by atoms with Gasteiger partial charge in [-0.2, -0.15) is 0 Å². The van der Waals surface area contributed by atoms with Gasteiger partial charge in [0.15, 0.2) is 0 Å². The molecule has 0 bridgehead atoms. The highest BCUT2D eigenvalue weighted by atomic mass is 28.4. The molecule has 0 fully saturated rings. The first-order valence-electron chi connectivity index (χ1n) is 2.56. The van der Waals surface area contributed by atoms with Crippen molar-refractivity contribution in [1.29, 1.82) is 0 Å². The molecule has 0 spiro atoms. The summed E-state index contributed by atoms with van der Waals surface area (Å²) in [6.45, 7) is 7.25. The van der Waals surface area contributed by atoms with Crippen LogP contribution in [0.2, 0.25) is 25.3 Å². The Hall–Kier alpha value is 0.434. The molecule has 0 aromatic heterocycles. The summed E-state index contributed by atoms with van der Waals surface area (Å²) in [4.78, 5) is 0. The molecule has 0 aliphatic heterocycles. The molecule has 0 heterocycles.